The van der Waals surface area contributed by atoms with Crippen molar-refractivity contribution in [2.24, 2.45) is 7.05 Å². The zero-order chi connectivity index (χ0) is 15.0. The third-order valence-corrected chi connectivity index (χ3v) is 4.00. The molecule has 0 saturated heterocycles. The smallest absolute Gasteiger partial charge is 0.251 e. The molecule has 0 spiro atoms. The molecule has 1 atom stereocenters. The van der Waals surface area contributed by atoms with Gasteiger partial charge in [0, 0.05) is 24.4 Å². The van der Waals surface area contributed by atoms with Crippen molar-refractivity contribution < 1.29 is 9.18 Å². The summed E-state index contributed by atoms with van der Waals surface area (Å²) in [4.78, 5) is 12.3. The van der Waals surface area contributed by atoms with Crippen LogP contribution in [0.15, 0.2) is 24.4 Å². The lowest BCUT2D eigenvalue weighted by Gasteiger charge is -2.22. The highest BCUT2D eigenvalue weighted by Crippen LogP contribution is 2.29. The third-order valence-electron chi connectivity index (χ3n) is 3.71. The third kappa shape index (κ3) is 2.78. The molecule has 1 aromatic heterocycles. The van der Waals surface area contributed by atoms with Crippen LogP contribution in [0, 0.1) is 5.82 Å². The molecule has 0 aliphatic heterocycles. The topological polar surface area (TPSA) is 46.9 Å². The molecule has 1 amide bonds. The highest BCUT2D eigenvalue weighted by atomic mass is 35.5. The van der Waals surface area contributed by atoms with Gasteiger partial charge in [-0.25, -0.2) is 4.39 Å². The Balaban J connectivity index is 1.80. The maximum Gasteiger partial charge on any atom is 0.251 e. The summed E-state index contributed by atoms with van der Waals surface area (Å²) in [5.41, 5.74) is 2.45. The molecule has 6 heteroatoms. The molecule has 4 nitrogen and oxygen atoms in total. The van der Waals surface area contributed by atoms with Crippen LogP contribution in [-0.4, -0.2) is 15.7 Å². The van der Waals surface area contributed by atoms with Crippen molar-refractivity contribution in [3.8, 4) is 0 Å². The van der Waals surface area contributed by atoms with Gasteiger partial charge in [-0.1, -0.05) is 11.6 Å². The van der Waals surface area contributed by atoms with E-state index in [1.54, 1.807) is 4.68 Å². The van der Waals surface area contributed by atoms with Crippen LogP contribution in [0.4, 0.5) is 4.39 Å². The minimum Gasteiger partial charge on any atom is -0.345 e. The molecule has 1 aliphatic rings. The van der Waals surface area contributed by atoms with E-state index < -0.39 is 5.82 Å². The maximum atomic E-state index is 13.1. The van der Waals surface area contributed by atoms with Crippen LogP contribution in [-0.2, 0) is 13.5 Å². The van der Waals surface area contributed by atoms with Crippen LogP contribution in [0.2, 0.25) is 5.02 Å². The second-order valence-electron chi connectivity index (χ2n) is 5.25. The van der Waals surface area contributed by atoms with Crippen LogP contribution in [0.3, 0.4) is 0 Å². The summed E-state index contributed by atoms with van der Waals surface area (Å²) in [6.45, 7) is 0. The van der Waals surface area contributed by atoms with Gasteiger partial charge in [0.1, 0.15) is 5.82 Å². The molecule has 1 aromatic carbocycles. The molecule has 0 bridgehead atoms. The lowest BCUT2D eigenvalue weighted by Crippen LogP contribution is -2.30. The average molecular weight is 308 g/mol. The minimum absolute atomic E-state index is 0.0478. The van der Waals surface area contributed by atoms with Crippen LogP contribution < -0.4 is 5.32 Å². The molecule has 1 aliphatic carbocycles. The van der Waals surface area contributed by atoms with E-state index in [4.69, 9.17) is 11.6 Å². The SMILES string of the molecule is Cn1cc2c(n1)CCCC2NC(=O)c1ccc(F)c(Cl)c1. The summed E-state index contributed by atoms with van der Waals surface area (Å²) in [5.74, 6) is -0.779. The van der Waals surface area contributed by atoms with E-state index in [1.165, 1.54) is 18.2 Å². The van der Waals surface area contributed by atoms with E-state index in [1.807, 2.05) is 13.2 Å². The van der Waals surface area contributed by atoms with Gasteiger partial charge in [0.25, 0.3) is 5.91 Å². The Hall–Kier alpha value is -1.88. The number of nitrogens with one attached hydrogen (secondary N) is 1. The van der Waals surface area contributed by atoms with Gasteiger partial charge >= 0.3 is 0 Å². The van der Waals surface area contributed by atoms with Crippen molar-refractivity contribution in [2.75, 3.05) is 0 Å². The summed E-state index contributed by atoms with van der Waals surface area (Å²) in [6, 6.07) is 3.93. The van der Waals surface area contributed by atoms with Gasteiger partial charge in [0.15, 0.2) is 0 Å². The van der Waals surface area contributed by atoms with Gasteiger partial charge < -0.3 is 5.32 Å². The van der Waals surface area contributed by atoms with E-state index in [0.717, 1.165) is 30.5 Å². The summed E-state index contributed by atoms with van der Waals surface area (Å²) < 4.78 is 14.9. The number of hydrogen-bond acceptors (Lipinski definition) is 2. The zero-order valence-corrected chi connectivity index (χ0v) is 12.3. The van der Waals surface area contributed by atoms with Gasteiger partial charge in [-0.05, 0) is 37.5 Å². The van der Waals surface area contributed by atoms with Crippen molar-refractivity contribution in [1.82, 2.24) is 15.1 Å². The second-order valence-corrected chi connectivity index (χ2v) is 5.66. The fourth-order valence-electron chi connectivity index (χ4n) is 2.70. The van der Waals surface area contributed by atoms with E-state index in [0.29, 0.717) is 5.56 Å². The van der Waals surface area contributed by atoms with E-state index in [-0.39, 0.29) is 17.0 Å². The zero-order valence-electron chi connectivity index (χ0n) is 11.6. The molecule has 0 saturated carbocycles. The quantitative estimate of drug-likeness (QED) is 0.927. The van der Waals surface area contributed by atoms with E-state index in [9.17, 15) is 9.18 Å². The molecule has 1 unspecified atom stereocenters. The minimum atomic E-state index is -0.527. The second kappa shape index (κ2) is 5.48. The highest BCUT2D eigenvalue weighted by molar-refractivity contribution is 6.31. The predicted octanol–water partition coefficient (Wildman–Crippen LogP) is 3.02. The summed E-state index contributed by atoms with van der Waals surface area (Å²) in [6.07, 6.45) is 4.74. The first-order valence-corrected chi connectivity index (χ1v) is 7.20. The number of aryl methyl sites for hydroxylation is 2. The molecule has 0 radical (unpaired) electrons. The molecule has 1 N–H and O–H groups in total. The molecular formula is C15H15ClFN3O. The molecule has 21 heavy (non-hydrogen) atoms. The van der Waals surface area contributed by atoms with Gasteiger partial charge in [-0.2, -0.15) is 5.10 Å². The number of benzene rings is 1. The monoisotopic (exact) mass is 307 g/mol. The van der Waals surface area contributed by atoms with Crippen molar-refractivity contribution in [3.05, 3.63) is 52.1 Å². The van der Waals surface area contributed by atoms with Gasteiger partial charge in [0.05, 0.1) is 16.8 Å². The van der Waals surface area contributed by atoms with Crippen LogP contribution in [0.25, 0.3) is 0 Å². The Morgan fingerprint density at radius 3 is 3.10 bits per heavy atom. The first-order chi connectivity index (χ1) is 10.0. The van der Waals surface area contributed by atoms with Crippen molar-refractivity contribution in [2.45, 2.75) is 25.3 Å². The Kier molecular flexibility index (Phi) is 3.68. The number of rotatable bonds is 2. The fourth-order valence-corrected chi connectivity index (χ4v) is 2.88. The van der Waals surface area contributed by atoms with Crippen LogP contribution in [0.5, 0.6) is 0 Å². The Morgan fingerprint density at radius 2 is 2.33 bits per heavy atom. The number of hydrogen-bond donors (Lipinski definition) is 1. The van der Waals surface area contributed by atoms with Crippen molar-refractivity contribution in [3.63, 3.8) is 0 Å². The van der Waals surface area contributed by atoms with Crippen molar-refractivity contribution >= 4 is 17.5 Å². The molecule has 2 aromatic rings. The van der Waals surface area contributed by atoms with Gasteiger partial charge in [0.2, 0.25) is 0 Å². The summed E-state index contributed by atoms with van der Waals surface area (Å²) in [7, 11) is 1.87. The average Bonchev–Trinajstić information content (AvgIpc) is 2.83. The largest absolute Gasteiger partial charge is 0.345 e. The number of carbonyl (C=O) groups is 1. The summed E-state index contributed by atoms with van der Waals surface area (Å²) in [5, 5.41) is 7.33. The van der Waals surface area contributed by atoms with E-state index >= 15 is 0 Å². The fraction of sp³-hybridized carbons (Fsp3) is 0.333. The Labute approximate surface area is 126 Å². The number of amides is 1. The standard InChI is InChI=1S/C15H15ClFN3O/c1-20-8-10-13(3-2-4-14(10)19-20)18-15(21)9-5-6-12(17)11(16)7-9/h5-8,13H,2-4H2,1H3,(H,18,21). The lowest BCUT2D eigenvalue weighted by atomic mass is 9.93. The molecule has 0 fully saturated rings. The highest BCUT2D eigenvalue weighted by Gasteiger charge is 2.25. The predicted molar refractivity (Wildman–Crippen MR) is 77.8 cm³/mol. The number of nitrogens with zero attached hydrogens (tertiary/aromatic N) is 2. The molecular weight excluding hydrogens is 293 g/mol. The van der Waals surface area contributed by atoms with Crippen LogP contribution >= 0.6 is 11.6 Å². The van der Waals surface area contributed by atoms with Gasteiger partial charge in [-0.15, -0.1) is 0 Å². The normalized spacial score (nSPS) is 17.4. The van der Waals surface area contributed by atoms with Crippen molar-refractivity contribution in [1.29, 1.82) is 0 Å². The van der Waals surface area contributed by atoms with Crippen LogP contribution in [0.1, 0.15) is 40.5 Å². The maximum absolute atomic E-state index is 13.1. The summed E-state index contributed by atoms with van der Waals surface area (Å²) >= 11 is 5.72. The number of aromatic nitrogens is 2. The molecule has 3 rings (SSSR count). The number of fused-ring (bicyclic) bond motifs is 1. The number of carbonyl (C=O) groups excluding carboxylic acids is 1. The Bertz CT molecular complexity index is 698. The lowest BCUT2D eigenvalue weighted by molar-refractivity contribution is 0.0932. The Morgan fingerprint density at radius 1 is 1.52 bits per heavy atom. The molecule has 1 heterocycles. The van der Waals surface area contributed by atoms with E-state index in [2.05, 4.69) is 10.4 Å². The first kappa shape index (κ1) is 14.1. The first-order valence-electron chi connectivity index (χ1n) is 6.83. The van der Waals surface area contributed by atoms with Gasteiger partial charge in [-0.3, -0.25) is 9.48 Å². The number of halogens is 2. The molecule has 110 valence electrons.